The normalized spacial score (nSPS) is 11.1. The molecule has 0 bridgehead atoms. The number of nitrogens with zero attached hydrogens (tertiary/aromatic N) is 3. The number of methoxy groups -OCH3 is 2. The van der Waals surface area contributed by atoms with Crippen LogP contribution in [0.5, 0.6) is 11.5 Å². The van der Waals surface area contributed by atoms with Gasteiger partial charge in [0.25, 0.3) is 5.91 Å². The molecular weight excluding hydrogens is 478 g/mol. The molecule has 0 saturated carbocycles. The Bertz CT molecular complexity index is 1330. The minimum absolute atomic E-state index is 0.109. The maximum atomic E-state index is 13.2. The monoisotopic (exact) mass is 509 g/mol. The van der Waals surface area contributed by atoms with Crippen LogP contribution in [0.25, 0.3) is 5.69 Å². The molecule has 0 aliphatic heterocycles. The molecule has 0 atom stereocenters. The molecule has 11 heteroatoms. The van der Waals surface area contributed by atoms with Crippen molar-refractivity contribution in [3.8, 4) is 17.2 Å². The Hall–Kier alpha value is -4.41. The summed E-state index contributed by atoms with van der Waals surface area (Å²) in [6.07, 6.45) is -0.436. The van der Waals surface area contributed by atoms with Crippen molar-refractivity contribution in [1.82, 2.24) is 15.0 Å². The summed E-state index contributed by atoms with van der Waals surface area (Å²) in [4.78, 5) is 36.2. The number of carboxylic acids is 1. The summed E-state index contributed by atoms with van der Waals surface area (Å²) >= 11 is 0. The van der Waals surface area contributed by atoms with E-state index in [0.29, 0.717) is 34.3 Å². The van der Waals surface area contributed by atoms with Gasteiger partial charge in [0.15, 0.2) is 5.69 Å². The summed E-state index contributed by atoms with van der Waals surface area (Å²) in [5.74, 6) is -0.853. The van der Waals surface area contributed by atoms with E-state index < -0.39 is 17.8 Å². The summed E-state index contributed by atoms with van der Waals surface area (Å²) in [6.45, 7) is 7.72. The Morgan fingerprint density at radius 2 is 1.65 bits per heavy atom. The zero-order valence-corrected chi connectivity index (χ0v) is 21.7. The van der Waals surface area contributed by atoms with Gasteiger partial charge in [-0.2, -0.15) is 0 Å². The van der Waals surface area contributed by atoms with Crippen molar-refractivity contribution in [2.45, 2.75) is 46.0 Å². The average molecular weight is 510 g/mol. The van der Waals surface area contributed by atoms with Gasteiger partial charge in [-0.15, -0.1) is 5.10 Å². The summed E-state index contributed by atoms with van der Waals surface area (Å²) in [5.41, 5.74) is 2.62. The summed E-state index contributed by atoms with van der Waals surface area (Å²) < 4.78 is 12.2. The minimum atomic E-state index is -1.05. The van der Waals surface area contributed by atoms with E-state index in [9.17, 15) is 14.4 Å². The van der Waals surface area contributed by atoms with Crippen molar-refractivity contribution in [2.24, 2.45) is 0 Å². The van der Waals surface area contributed by atoms with Gasteiger partial charge < -0.3 is 25.2 Å². The molecule has 0 aliphatic rings. The molecule has 2 amide bonds. The molecule has 196 valence electrons. The predicted octanol–water partition coefficient (Wildman–Crippen LogP) is 3.95. The Morgan fingerprint density at radius 3 is 2.24 bits per heavy atom. The van der Waals surface area contributed by atoms with Gasteiger partial charge in [0.2, 0.25) is 5.91 Å². The summed E-state index contributed by atoms with van der Waals surface area (Å²) in [7, 11) is 3.08. The number of ether oxygens (including phenoxy) is 2. The van der Waals surface area contributed by atoms with Gasteiger partial charge in [0.1, 0.15) is 17.2 Å². The molecule has 0 aliphatic carbocycles. The molecule has 0 unspecified atom stereocenters. The number of hydrogen-bond donors (Lipinski definition) is 3. The zero-order chi connectivity index (χ0) is 27.3. The molecule has 2 aromatic carbocycles. The molecule has 0 spiro atoms. The lowest BCUT2D eigenvalue weighted by Gasteiger charge is -2.21. The van der Waals surface area contributed by atoms with E-state index in [1.165, 1.54) is 11.8 Å². The molecule has 3 rings (SSSR count). The van der Waals surface area contributed by atoms with Crippen LogP contribution in [-0.4, -0.2) is 52.1 Å². The second-order valence-corrected chi connectivity index (χ2v) is 9.42. The number of anilines is 2. The second kappa shape index (κ2) is 11.1. The highest BCUT2D eigenvalue weighted by atomic mass is 16.5. The fourth-order valence-corrected chi connectivity index (χ4v) is 3.57. The number of carbonyl (C=O) groups excluding carboxylic acids is 2. The molecule has 1 aromatic heterocycles. The van der Waals surface area contributed by atoms with Crippen molar-refractivity contribution >= 4 is 29.2 Å². The summed E-state index contributed by atoms with van der Waals surface area (Å²) in [5, 5.41) is 22.6. The fraction of sp³-hybridized carbons (Fsp3) is 0.346. The molecule has 3 aromatic rings. The highest BCUT2D eigenvalue weighted by Crippen LogP contribution is 2.30. The van der Waals surface area contributed by atoms with Gasteiger partial charge in [0.05, 0.1) is 26.3 Å². The highest BCUT2D eigenvalue weighted by Gasteiger charge is 2.22. The largest absolute Gasteiger partial charge is 0.497 e. The van der Waals surface area contributed by atoms with Crippen molar-refractivity contribution in [3.63, 3.8) is 0 Å². The quantitative estimate of drug-likeness (QED) is 0.393. The van der Waals surface area contributed by atoms with Gasteiger partial charge in [-0.3, -0.25) is 14.4 Å². The van der Waals surface area contributed by atoms with Crippen LogP contribution in [0.1, 0.15) is 55.4 Å². The topological polar surface area (TPSA) is 145 Å². The number of hydrogen-bond acceptors (Lipinski definition) is 7. The second-order valence-electron chi connectivity index (χ2n) is 9.42. The van der Waals surface area contributed by atoms with E-state index in [2.05, 4.69) is 20.9 Å². The third-order valence-electron chi connectivity index (χ3n) is 5.63. The number of nitrogens with one attached hydrogen (secondary N) is 2. The number of amides is 2. The maximum absolute atomic E-state index is 13.2. The Morgan fingerprint density at radius 1 is 0.973 bits per heavy atom. The lowest BCUT2D eigenvalue weighted by atomic mass is 9.86. The fourth-order valence-electron chi connectivity index (χ4n) is 3.57. The van der Waals surface area contributed by atoms with E-state index in [0.717, 1.165) is 5.56 Å². The van der Waals surface area contributed by atoms with E-state index in [-0.39, 0.29) is 24.0 Å². The molecular formula is C26H31N5O6. The highest BCUT2D eigenvalue weighted by molar-refractivity contribution is 6.04. The Balaban J connectivity index is 1.90. The van der Waals surface area contributed by atoms with Gasteiger partial charge in [-0.05, 0) is 48.2 Å². The van der Waals surface area contributed by atoms with Crippen molar-refractivity contribution in [2.75, 3.05) is 24.9 Å². The lowest BCUT2D eigenvalue weighted by molar-refractivity contribution is -0.138. The number of rotatable bonds is 9. The van der Waals surface area contributed by atoms with Crippen LogP contribution in [0.4, 0.5) is 11.4 Å². The number of aliphatic carboxylic acids is 1. The standard InChI is InChI=1S/C26H31N5O6/c1-15-24(29-30-31(15)20-14-19(36-5)7-8-21(20)37-6)25(35)28-18-12-16(26(2,3)4)11-17(13-18)27-22(32)9-10-23(33)34/h7-8,11-14H,9-10H2,1-6H3,(H,27,32)(H,28,35)(H,33,34). The summed E-state index contributed by atoms with van der Waals surface area (Å²) in [6, 6.07) is 10.4. The molecule has 0 fully saturated rings. The Kier molecular flexibility index (Phi) is 8.16. The average Bonchev–Trinajstić information content (AvgIpc) is 3.22. The van der Waals surface area contributed by atoms with Crippen LogP contribution in [0, 0.1) is 6.92 Å². The number of benzene rings is 2. The number of carbonyl (C=O) groups is 3. The maximum Gasteiger partial charge on any atom is 0.303 e. The van der Waals surface area contributed by atoms with E-state index in [1.807, 2.05) is 26.8 Å². The van der Waals surface area contributed by atoms with Gasteiger partial charge in [-0.25, -0.2) is 4.68 Å². The first-order valence-corrected chi connectivity index (χ1v) is 11.6. The van der Waals surface area contributed by atoms with E-state index in [1.54, 1.807) is 44.4 Å². The van der Waals surface area contributed by atoms with Crippen LogP contribution in [0.3, 0.4) is 0 Å². The van der Waals surface area contributed by atoms with Crippen molar-refractivity contribution in [1.29, 1.82) is 0 Å². The lowest BCUT2D eigenvalue weighted by Crippen LogP contribution is -2.18. The first kappa shape index (κ1) is 27.2. The van der Waals surface area contributed by atoms with E-state index in [4.69, 9.17) is 14.6 Å². The van der Waals surface area contributed by atoms with Gasteiger partial charge in [0, 0.05) is 23.9 Å². The van der Waals surface area contributed by atoms with Crippen LogP contribution >= 0.6 is 0 Å². The molecule has 11 nitrogen and oxygen atoms in total. The number of aromatic nitrogens is 3. The minimum Gasteiger partial charge on any atom is -0.497 e. The first-order valence-electron chi connectivity index (χ1n) is 11.6. The van der Waals surface area contributed by atoms with Crippen LogP contribution in [0.2, 0.25) is 0 Å². The molecule has 1 heterocycles. The zero-order valence-electron chi connectivity index (χ0n) is 21.7. The number of carboxylic acid groups (broad SMARTS) is 1. The third-order valence-corrected chi connectivity index (χ3v) is 5.63. The van der Waals surface area contributed by atoms with Crippen molar-refractivity contribution < 1.29 is 29.0 Å². The smallest absolute Gasteiger partial charge is 0.303 e. The van der Waals surface area contributed by atoms with Crippen LogP contribution in [0.15, 0.2) is 36.4 Å². The first-order chi connectivity index (χ1) is 17.4. The van der Waals surface area contributed by atoms with Crippen LogP contribution < -0.4 is 20.1 Å². The van der Waals surface area contributed by atoms with E-state index >= 15 is 0 Å². The van der Waals surface area contributed by atoms with Crippen molar-refractivity contribution in [3.05, 3.63) is 53.3 Å². The Labute approximate surface area is 214 Å². The molecule has 37 heavy (non-hydrogen) atoms. The SMILES string of the molecule is COc1ccc(OC)c(-n2nnc(C(=O)Nc3cc(NC(=O)CCC(=O)O)cc(C(C)(C)C)c3)c2C)c1. The molecule has 0 saturated heterocycles. The van der Waals surface area contributed by atoms with Crippen LogP contribution in [-0.2, 0) is 15.0 Å². The molecule has 3 N–H and O–H groups in total. The predicted molar refractivity (Wildman–Crippen MR) is 138 cm³/mol. The third kappa shape index (κ3) is 6.63. The van der Waals surface area contributed by atoms with Gasteiger partial charge >= 0.3 is 5.97 Å². The van der Waals surface area contributed by atoms with Gasteiger partial charge in [-0.1, -0.05) is 26.0 Å². The molecule has 0 radical (unpaired) electrons.